The maximum Gasteiger partial charge on any atom is 0.339 e. The van der Waals surface area contributed by atoms with Crippen LogP contribution in [0.3, 0.4) is 0 Å². The normalized spacial score (nSPS) is 10.4. The number of methoxy groups -OCH3 is 1. The molecule has 1 heterocycles. The van der Waals surface area contributed by atoms with Gasteiger partial charge < -0.3 is 9.47 Å². The number of ether oxygens (including phenoxy) is 2. The number of pyridine rings is 1. The van der Waals surface area contributed by atoms with Gasteiger partial charge in [0.2, 0.25) is 0 Å². The van der Waals surface area contributed by atoms with E-state index in [1.54, 1.807) is 12.1 Å². The van der Waals surface area contributed by atoms with Crippen molar-refractivity contribution in [1.82, 2.24) is 4.98 Å². The topological polar surface area (TPSA) is 48.4 Å². The van der Waals surface area contributed by atoms with Gasteiger partial charge in [0.15, 0.2) is 5.82 Å². The molecule has 0 unspecified atom stereocenters. The lowest BCUT2D eigenvalue weighted by molar-refractivity contribution is 0.0599. The third-order valence-electron chi connectivity index (χ3n) is 3.44. The molecule has 5 heteroatoms. The highest BCUT2D eigenvalue weighted by molar-refractivity contribution is 5.88. The van der Waals surface area contributed by atoms with Crippen molar-refractivity contribution in [3.8, 4) is 11.6 Å². The number of unbranched alkanes of at least 4 members (excludes halogenated alkanes) is 2. The van der Waals surface area contributed by atoms with E-state index in [4.69, 9.17) is 4.74 Å². The fourth-order valence-corrected chi connectivity index (χ4v) is 2.14. The quantitative estimate of drug-likeness (QED) is 0.556. The molecular formula is C18H20FNO3. The van der Waals surface area contributed by atoms with Gasteiger partial charge in [-0.15, -0.1) is 0 Å². The minimum atomic E-state index is -0.708. The maximum absolute atomic E-state index is 13.9. The van der Waals surface area contributed by atoms with Gasteiger partial charge in [0, 0.05) is 6.20 Å². The second-order valence-electron chi connectivity index (χ2n) is 5.21. The highest BCUT2D eigenvalue weighted by Gasteiger charge is 2.12. The Labute approximate surface area is 135 Å². The van der Waals surface area contributed by atoms with Crippen LogP contribution in [-0.2, 0) is 11.2 Å². The number of benzene rings is 1. The zero-order valence-corrected chi connectivity index (χ0v) is 13.3. The van der Waals surface area contributed by atoms with Gasteiger partial charge in [0.05, 0.1) is 12.7 Å². The molecule has 0 amide bonds. The number of nitrogens with zero attached hydrogens (tertiary/aromatic N) is 1. The van der Waals surface area contributed by atoms with Crippen molar-refractivity contribution in [3.05, 3.63) is 53.5 Å². The second-order valence-corrected chi connectivity index (χ2v) is 5.21. The fourth-order valence-electron chi connectivity index (χ4n) is 2.14. The molecule has 0 N–H and O–H groups in total. The lowest BCUT2D eigenvalue weighted by Gasteiger charge is -2.08. The van der Waals surface area contributed by atoms with Crippen LogP contribution in [0, 0.1) is 5.82 Å². The van der Waals surface area contributed by atoms with E-state index in [1.165, 1.54) is 31.7 Å². The maximum atomic E-state index is 13.9. The van der Waals surface area contributed by atoms with E-state index in [2.05, 4.69) is 16.6 Å². The van der Waals surface area contributed by atoms with E-state index < -0.39 is 11.8 Å². The van der Waals surface area contributed by atoms with Gasteiger partial charge in [-0.1, -0.05) is 31.9 Å². The van der Waals surface area contributed by atoms with Crippen molar-refractivity contribution < 1.29 is 18.7 Å². The molecule has 1 aromatic heterocycles. The van der Waals surface area contributed by atoms with Crippen LogP contribution in [0.4, 0.5) is 4.39 Å². The zero-order valence-electron chi connectivity index (χ0n) is 13.3. The summed E-state index contributed by atoms with van der Waals surface area (Å²) in [5.74, 6) is -1.02. The molecule has 2 rings (SSSR count). The molecule has 0 saturated carbocycles. The predicted molar refractivity (Wildman–Crippen MR) is 85.3 cm³/mol. The molecule has 4 nitrogen and oxygen atoms in total. The number of rotatable bonds is 7. The molecule has 1 aromatic carbocycles. The second kappa shape index (κ2) is 8.27. The number of aromatic nitrogens is 1. The van der Waals surface area contributed by atoms with E-state index in [-0.39, 0.29) is 11.4 Å². The Hall–Kier alpha value is -2.43. The van der Waals surface area contributed by atoms with E-state index in [9.17, 15) is 9.18 Å². The third-order valence-corrected chi connectivity index (χ3v) is 3.44. The summed E-state index contributed by atoms with van der Waals surface area (Å²) in [5.41, 5.74) is 1.27. The van der Waals surface area contributed by atoms with E-state index in [1.807, 2.05) is 12.1 Å². The van der Waals surface area contributed by atoms with Gasteiger partial charge >= 0.3 is 5.97 Å². The predicted octanol–water partition coefficient (Wildman–Crippen LogP) is 4.53. The average molecular weight is 317 g/mol. The minimum absolute atomic E-state index is 0.0450. The van der Waals surface area contributed by atoms with Crippen molar-refractivity contribution >= 4 is 5.97 Å². The monoisotopic (exact) mass is 317 g/mol. The van der Waals surface area contributed by atoms with Crippen LogP contribution in [0.2, 0.25) is 0 Å². The Balaban J connectivity index is 2.03. The molecular weight excluding hydrogens is 297 g/mol. The molecule has 122 valence electrons. The SMILES string of the molecule is CCCCCc1ccc(Oc2ncc(C(=O)OC)cc2F)cc1. The van der Waals surface area contributed by atoms with Gasteiger partial charge in [-0.3, -0.25) is 0 Å². The molecule has 0 radical (unpaired) electrons. The molecule has 0 aliphatic heterocycles. The van der Waals surface area contributed by atoms with E-state index >= 15 is 0 Å². The first-order valence-electron chi connectivity index (χ1n) is 7.64. The van der Waals surface area contributed by atoms with Crippen LogP contribution >= 0.6 is 0 Å². The number of halogens is 1. The third kappa shape index (κ3) is 4.77. The summed E-state index contributed by atoms with van der Waals surface area (Å²) in [6, 6.07) is 8.55. The summed E-state index contributed by atoms with van der Waals surface area (Å²) in [6.07, 6.45) is 5.80. The Morgan fingerprint density at radius 3 is 2.57 bits per heavy atom. The van der Waals surface area contributed by atoms with Crippen LogP contribution in [-0.4, -0.2) is 18.1 Å². The standard InChI is InChI=1S/C18H20FNO3/c1-3-4-5-6-13-7-9-15(10-8-13)23-17-16(19)11-14(12-20-17)18(21)22-2/h7-12H,3-6H2,1-2H3. The summed E-state index contributed by atoms with van der Waals surface area (Å²) >= 11 is 0. The van der Waals surface area contributed by atoms with Crippen LogP contribution < -0.4 is 4.74 Å². The first-order chi connectivity index (χ1) is 11.1. The summed E-state index contributed by atoms with van der Waals surface area (Å²) in [7, 11) is 1.23. The average Bonchev–Trinajstić information content (AvgIpc) is 2.57. The number of carbonyl (C=O) groups is 1. The Bertz CT molecular complexity index is 656. The van der Waals surface area contributed by atoms with Gasteiger partial charge in [0.1, 0.15) is 5.75 Å². The summed E-state index contributed by atoms with van der Waals surface area (Å²) in [6.45, 7) is 2.17. The van der Waals surface area contributed by atoms with E-state index in [0.29, 0.717) is 5.75 Å². The first-order valence-corrected chi connectivity index (χ1v) is 7.64. The fraction of sp³-hybridized carbons (Fsp3) is 0.333. The van der Waals surface area contributed by atoms with Gasteiger partial charge in [-0.25, -0.2) is 14.2 Å². The smallest absolute Gasteiger partial charge is 0.339 e. The Kier molecular flexibility index (Phi) is 6.09. The number of hydrogen-bond acceptors (Lipinski definition) is 4. The number of esters is 1. The largest absolute Gasteiger partial charge is 0.465 e. The zero-order chi connectivity index (χ0) is 16.7. The van der Waals surface area contributed by atoms with Gasteiger partial charge in [0.25, 0.3) is 5.88 Å². The Morgan fingerprint density at radius 1 is 1.22 bits per heavy atom. The molecule has 0 atom stereocenters. The van der Waals surface area contributed by atoms with Crippen molar-refractivity contribution in [2.45, 2.75) is 32.6 Å². The summed E-state index contributed by atoms with van der Waals surface area (Å²) in [5, 5.41) is 0. The van der Waals surface area contributed by atoms with Crippen LogP contribution in [0.5, 0.6) is 11.6 Å². The van der Waals surface area contributed by atoms with Crippen molar-refractivity contribution in [3.63, 3.8) is 0 Å². The van der Waals surface area contributed by atoms with Crippen LogP contribution in [0.15, 0.2) is 36.5 Å². The van der Waals surface area contributed by atoms with Crippen molar-refractivity contribution in [2.75, 3.05) is 7.11 Å². The highest BCUT2D eigenvalue weighted by Crippen LogP contribution is 2.23. The summed E-state index contributed by atoms with van der Waals surface area (Å²) in [4.78, 5) is 15.1. The lowest BCUT2D eigenvalue weighted by atomic mass is 10.1. The molecule has 0 aliphatic carbocycles. The minimum Gasteiger partial charge on any atom is -0.465 e. The van der Waals surface area contributed by atoms with Crippen molar-refractivity contribution in [1.29, 1.82) is 0 Å². The van der Waals surface area contributed by atoms with E-state index in [0.717, 1.165) is 18.9 Å². The van der Waals surface area contributed by atoms with Crippen LogP contribution in [0.1, 0.15) is 42.1 Å². The molecule has 2 aromatic rings. The lowest BCUT2D eigenvalue weighted by Crippen LogP contribution is -2.03. The van der Waals surface area contributed by atoms with Crippen LogP contribution in [0.25, 0.3) is 0 Å². The molecule has 23 heavy (non-hydrogen) atoms. The van der Waals surface area contributed by atoms with Gasteiger partial charge in [-0.05, 0) is 36.6 Å². The number of carbonyl (C=O) groups excluding carboxylic acids is 1. The van der Waals surface area contributed by atoms with Gasteiger partial charge in [-0.2, -0.15) is 0 Å². The molecule has 0 spiro atoms. The molecule has 0 aliphatic rings. The number of hydrogen-bond donors (Lipinski definition) is 0. The summed E-state index contributed by atoms with van der Waals surface area (Å²) < 4.78 is 23.9. The first kappa shape index (κ1) is 16.9. The molecule has 0 saturated heterocycles. The highest BCUT2D eigenvalue weighted by atomic mass is 19.1. The molecule has 0 bridgehead atoms. The Morgan fingerprint density at radius 2 is 1.96 bits per heavy atom. The molecule has 0 fully saturated rings. The van der Waals surface area contributed by atoms with Crippen molar-refractivity contribution in [2.24, 2.45) is 0 Å². The number of aryl methyl sites for hydroxylation is 1.